The number of hydrogen-bond donors (Lipinski definition) is 1. The molecule has 1 amide bonds. The summed E-state index contributed by atoms with van der Waals surface area (Å²) in [5.41, 5.74) is 0.901. The van der Waals surface area contributed by atoms with Gasteiger partial charge in [-0.05, 0) is 29.2 Å². The number of hydrogen-bond acceptors (Lipinski definition) is 3. The van der Waals surface area contributed by atoms with E-state index in [0.29, 0.717) is 19.3 Å². The zero-order valence-electron chi connectivity index (χ0n) is 13.7. The lowest BCUT2D eigenvalue weighted by Crippen LogP contribution is -2.42. The van der Waals surface area contributed by atoms with Crippen molar-refractivity contribution in [3.05, 3.63) is 48.0 Å². The SMILES string of the molecule is C#CCCC[C@@H](NC(=O)Cc1ccc2ccccc2c1)C(=O)OC. The normalized spacial score (nSPS) is 11.5. The molecule has 24 heavy (non-hydrogen) atoms. The second kappa shape index (κ2) is 8.73. The van der Waals surface area contributed by atoms with Crippen LogP contribution in [-0.2, 0) is 20.7 Å². The Balaban J connectivity index is 2.00. The molecule has 2 rings (SSSR count). The topological polar surface area (TPSA) is 55.4 Å². The third-order valence-corrected chi connectivity index (χ3v) is 3.81. The maximum atomic E-state index is 12.3. The first kappa shape index (κ1) is 17.6. The molecular formula is C20H21NO3. The van der Waals surface area contributed by atoms with Gasteiger partial charge in [0.05, 0.1) is 13.5 Å². The van der Waals surface area contributed by atoms with Crippen molar-refractivity contribution in [2.45, 2.75) is 31.7 Å². The van der Waals surface area contributed by atoms with Gasteiger partial charge < -0.3 is 10.1 Å². The summed E-state index contributed by atoms with van der Waals surface area (Å²) < 4.78 is 4.75. The van der Waals surface area contributed by atoms with Crippen LogP contribution >= 0.6 is 0 Å². The van der Waals surface area contributed by atoms with Gasteiger partial charge in [-0.3, -0.25) is 4.79 Å². The Morgan fingerprint density at radius 3 is 2.67 bits per heavy atom. The number of fused-ring (bicyclic) bond motifs is 1. The van der Waals surface area contributed by atoms with Gasteiger partial charge in [0.2, 0.25) is 5.91 Å². The summed E-state index contributed by atoms with van der Waals surface area (Å²) in [4.78, 5) is 24.0. The molecule has 0 bridgehead atoms. The van der Waals surface area contributed by atoms with E-state index in [2.05, 4.69) is 11.2 Å². The molecule has 0 radical (unpaired) electrons. The maximum Gasteiger partial charge on any atom is 0.328 e. The predicted octanol–water partition coefficient (Wildman–Crippen LogP) is 2.84. The number of carbonyl (C=O) groups is 2. The van der Waals surface area contributed by atoms with E-state index in [-0.39, 0.29) is 12.3 Å². The smallest absolute Gasteiger partial charge is 0.328 e. The highest BCUT2D eigenvalue weighted by Gasteiger charge is 2.20. The number of terminal acetylenes is 1. The van der Waals surface area contributed by atoms with Crippen LogP contribution in [-0.4, -0.2) is 25.0 Å². The second-order valence-corrected chi connectivity index (χ2v) is 5.60. The number of esters is 1. The fourth-order valence-electron chi connectivity index (χ4n) is 2.58. The Bertz CT molecular complexity index is 761. The fourth-order valence-corrected chi connectivity index (χ4v) is 2.58. The van der Waals surface area contributed by atoms with Gasteiger partial charge in [0, 0.05) is 6.42 Å². The molecule has 1 atom stereocenters. The number of rotatable bonds is 7. The molecule has 2 aromatic rings. The number of ether oxygens (including phenoxy) is 1. The van der Waals surface area contributed by atoms with Crippen molar-refractivity contribution in [1.29, 1.82) is 0 Å². The van der Waals surface area contributed by atoms with Crippen molar-refractivity contribution in [3.63, 3.8) is 0 Å². The van der Waals surface area contributed by atoms with E-state index < -0.39 is 12.0 Å². The van der Waals surface area contributed by atoms with Crippen LogP contribution in [0.2, 0.25) is 0 Å². The maximum absolute atomic E-state index is 12.3. The van der Waals surface area contributed by atoms with Gasteiger partial charge in [-0.2, -0.15) is 0 Å². The zero-order chi connectivity index (χ0) is 17.4. The van der Waals surface area contributed by atoms with Crippen LogP contribution < -0.4 is 5.32 Å². The van der Waals surface area contributed by atoms with Gasteiger partial charge in [0.25, 0.3) is 0 Å². The number of amides is 1. The van der Waals surface area contributed by atoms with E-state index >= 15 is 0 Å². The lowest BCUT2D eigenvalue weighted by atomic mass is 10.0. The fraction of sp³-hybridized carbons (Fsp3) is 0.300. The zero-order valence-corrected chi connectivity index (χ0v) is 13.7. The van der Waals surface area contributed by atoms with Crippen molar-refractivity contribution >= 4 is 22.6 Å². The molecule has 0 unspecified atom stereocenters. The highest BCUT2D eigenvalue weighted by Crippen LogP contribution is 2.16. The molecule has 4 heteroatoms. The molecule has 0 saturated carbocycles. The molecule has 0 aliphatic carbocycles. The number of methoxy groups -OCH3 is 1. The quantitative estimate of drug-likeness (QED) is 0.484. The van der Waals surface area contributed by atoms with Crippen molar-refractivity contribution in [1.82, 2.24) is 5.32 Å². The van der Waals surface area contributed by atoms with E-state index in [1.54, 1.807) is 0 Å². The lowest BCUT2D eigenvalue weighted by Gasteiger charge is -2.16. The van der Waals surface area contributed by atoms with E-state index in [0.717, 1.165) is 16.3 Å². The summed E-state index contributed by atoms with van der Waals surface area (Å²) in [6.45, 7) is 0. The van der Waals surface area contributed by atoms with Gasteiger partial charge >= 0.3 is 5.97 Å². The predicted molar refractivity (Wildman–Crippen MR) is 94.3 cm³/mol. The standard InChI is InChI=1S/C20H21NO3/c1-3-4-5-10-18(20(23)24-2)21-19(22)14-15-11-12-16-8-6-7-9-17(16)13-15/h1,6-9,11-13,18H,4-5,10,14H2,2H3,(H,21,22)/t18-/m1/s1. The van der Waals surface area contributed by atoms with Gasteiger partial charge in [-0.15, -0.1) is 12.3 Å². The molecule has 1 N–H and O–H groups in total. The average molecular weight is 323 g/mol. The summed E-state index contributed by atoms with van der Waals surface area (Å²) in [7, 11) is 1.31. The first-order chi connectivity index (χ1) is 11.6. The highest BCUT2D eigenvalue weighted by atomic mass is 16.5. The largest absolute Gasteiger partial charge is 0.467 e. The summed E-state index contributed by atoms with van der Waals surface area (Å²) in [6, 6.07) is 13.2. The molecule has 0 aromatic heterocycles. The first-order valence-corrected chi connectivity index (χ1v) is 7.92. The Kier molecular flexibility index (Phi) is 6.39. The molecule has 0 spiro atoms. The monoisotopic (exact) mass is 323 g/mol. The Labute approximate surface area is 142 Å². The van der Waals surface area contributed by atoms with Crippen LogP contribution in [0.25, 0.3) is 10.8 Å². The molecule has 0 fully saturated rings. The molecule has 2 aromatic carbocycles. The molecule has 0 saturated heterocycles. The van der Waals surface area contributed by atoms with Crippen molar-refractivity contribution < 1.29 is 14.3 Å². The Morgan fingerprint density at radius 2 is 1.96 bits per heavy atom. The average Bonchev–Trinajstić information content (AvgIpc) is 2.60. The van der Waals surface area contributed by atoms with Crippen LogP contribution in [0.1, 0.15) is 24.8 Å². The molecule has 124 valence electrons. The van der Waals surface area contributed by atoms with E-state index in [4.69, 9.17) is 11.2 Å². The minimum atomic E-state index is -0.656. The van der Waals surface area contributed by atoms with Gasteiger partial charge in [-0.1, -0.05) is 42.5 Å². The minimum absolute atomic E-state index is 0.207. The Morgan fingerprint density at radius 1 is 1.21 bits per heavy atom. The van der Waals surface area contributed by atoms with Crippen molar-refractivity contribution in [3.8, 4) is 12.3 Å². The summed E-state index contributed by atoms with van der Waals surface area (Å²) in [5, 5.41) is 4.95. The van der Waals surface area contributed by atoms with Crippen LogP contribution in [0.5, 0.6) is 0 Å². The lowest BCUT2D eigenvalue weighted by molar-refractivity contribution is -0.145. The number of carbonyl (C=O) groups excluding carboxylic acids is 2. The van der Waals surface area contributed by atoms with E-state index in [9.17, 15) is 9.59 Å². The second-order valence-electron chi connectivity index (χ2n) is 5.60. The number of nitrogens with one attached hydrogen (secondary N) is 1. The van der Waals surface area contributed by atoms with Crippen molar-refractivity contribution in [2.24, 2.45) is 0 Å². The molecule has 4 nitrogen and oxygen atoms in total. The van der Waals surface area contributed by atoms with E-state index in [1.807, 2.05) is 42.5 Å². The molecule has 0 aliphatic rings. The van der Waals surface area contributed by atoms with Crippen LogP contribution in [0.3, 0.4) is 0 Å². The van der Waals surface area contributed by atoms with Crippen molar-refractivity contribution in [2.75, 3.05) is 7.11 Å². The number of benzene rings is 2. The molecule has 0 heterocycles. The summed E-state index contributed by atoms with van der Waals surface area (Å²) >= 11 is 0. The molecular weight excluding hydrogens is 302 g/mol. The third-order valence-electron chi connectivity index (χ3n) is 3.81. The summed E-state index contributed by atoms with van der Waals surface area (Å²) in [5.74, 6) is 1.87. The third kappa shape index (κ3) is 4.85. The van der Waals surface area contributed by atoms with Gasteiger partial charge in [-0.25, -0.2) is 4.79 Å². The van der Waals surface area contributed by atoms with Gasteiger partial charge in [0.1, 0.15) is 6.04 Å². The van der Waals surface area contributed by atoms with E-state index in [1.165, 1.54) is 7.11 Å². The van der Waals surface area contributed by atoms with Crippen LogP contribution in [0.15, 0.2) is 42.5 Å². The van der Waals surface area contributed by atoms with Crippen LogP contribution in [0, 0.1) is 12.3 Å². The Hall–Kier alpha value is -2.80. The summed E-state index contributed by atoms with van der Waals surface area (Å²) in [6.07, 6.45) is 7.13. The van der Waals surface area contributed by atoms with Gasteiger partial charge in [0.15, 0.2) is 0 Å². The number of unbranched alkanes of at least 4 members (excludes halogenated alkanes) is 1. The van der Waals surface area contributed by atoms with Crippen LogP contribution in [0.4, 0.5) is 0 Å². The highest BCUT2D eigenvalue weighted by molar-refractivity contribution is 5.87. The minimum Gasteiger partial charge on any atom is -0.467 e. The molecule has 0 aliphatic heterocycles. The first-order valence-electron chi connectivity index (χ1n) is 7.92.